The van der Waals surface area contributed by atoms with Gasteiger partial charge in [-0.05, 0) is 18.6 Å². The van der Waals surface area contributed by atoms with Gasteiger partial charge in [0.25, 0.3) is 0 Å². The fraction of sp³-hybridized carbons (Fsp3) is 0.455. The van der Waals surface area contributed by atoms with E-state index in [0.717, 1.165) is 12.8 Å². The molecular formula is C11H16O3S. The Morgan fingerprint density at radius 1 is 1.20 bits per heavy atom. The van der Waals surface area contributed by atoms with E-state index in [1.807, 2.05) is 6.92 Å². The molecule has 84 valence electrons. The molecule has 1 N–H and O–H groups in total. The van der Waals surface area contributed by atoms with Crippen molar-refractivity contribution in [3.8, 4) is 5.75 Å². The molecule has 0 atom stereocenters. The Labute approximate surface area is 90.7 Å². The fourth-order valence-corrected chi connectivity index (χ4v) is 2.85. The fourth-order valence-electron chi connectivity index (χ4n) is 1.37. The molecule has 0 aliphatic heterocycles. The molecule has 1 rings (SSSR count). The molecule has 3 nitrogen and oxygen atoms in total. The quantitative estimate of drug-likeness (QED) is 0.787. The first-order valence-corrected chi connectivity index (χ1v) is 6.74. The highest BCUT2D eigenvalue weighted by Crippen LogP contribution is 2.23. The molecule has 0 fully saturated rings. The van der Waals surface area contributed by atoms with Gasteiger partial charge in [-0.25, -0.2) is 8.42 Å². The van der Waals surface area contributed by atoms with Gasteiger partial charge in [-0.1, -0.05) is 31.9 Å². The minimum absolute atomic E-state index is 0.0427. The number of aromatic hydroxyl groups is 1. The molecule has 0 aliphatic carbocycles. The van der Waals surface area contributed by atoms with Crippen LogP contribution in [0.25, 0.3) is 0 Å². The highest BCUT2D eigenvalue weighted by molar-refractivity contribution is 7.91. The maximum atomic E-state index is 11.8. The molecule has 0 aromatic heterocycles. The van der Waals surface area contributed by atoms with Crippen molar-refractivity contribution in [2.75, 3.05) is 5.75 Å². The number of rotatable bonds is 5. The van der Waals surface area contributed by atoms with Crippen molar-refractivity contribution in [2.24, 2.45) is 0 Å². The lowest BCUT2D eigenvalue weighted by molar-refractivity contribution is 0.458. The summed E-state index contributed by atoms with van der Waals surface area (Å²) in [6, 6.07) is 6.07. The van der Waals surface area contributed by atoms with Gasteiger partial charge in [0.15, 0.2) is 9.84 Å². The van der Waals surface area contributed by atoms with Gasteiger partial charge in [0, 0.05) is 0 Å². The monoisotopic (exact) mass is 228 g/mol. The Morgan fingerprint density at radius 2 is 1.87 bits per heavy atom. The second-order valence-corrected chi connectivity index (χ2v) is 5.57. The Bertz CT molecular complexity index is 410. The third-order valence-electron chi connectivity index (χ3n) is 2.22. The molecule has 4 heteroatoms. The molecular weight excluding hydrogens is 212 g/mol. The molecule has 1 aromatic carbocycles. The maximum Gasteiger partial charge on any atom is 0.182 e. The lowest BCUT2D eigenvalue weighted by Crippen LogP contribution is -2.06. The van der Waals surface area contributed by atoms with Crippen molar-refractivity contribution >= 4 is 9.84 Å². The molecule has 0 aliphatic rings. The van der Waals surface area contributed by atoms with Crippen molar-refractivity contribution in [3.63, 3.8) is 0 Å². The highest BCUT2D eigenvalue weighted by Gasteiger charge is 2.17. The van der Waals surface area contributed by atoms with Crippen LogP contribution in [0.4, 0.5) is 0 Å². The molecule has 0 saturated carbocycles. The largest absolute Gasteiger partial charge is 0.507 e. The maximum absolute atomic E-state index is 11.8. The summed E-state index contributed by atoms with van der Waals surface area (Å²) in [6.45, 7) is 2.02. The van der Waals surface area contributed by atoms with Crippen molar-refractivity contribution in [1.29, 1.82) is 0 Å². The lowest BCUT2D eigenvalue weighted by Gasteiger charge is -2.05. The zero-order valence-corrected chi connectivity index (χ0v) is 9.63. The van der Waals surface area contributed by atoms with Crippen molar-refractivity contribution in [2.45, 2.75) is 31.1 Å². The second-order valence-electron chi connectivity index (χ2n) is 3.49. The Morgan fingerprint density at radius 3 is 2.47 bits per heavy atom. The van der Waals surface area contributed by atoms with E-state index in [1.165, 1.54) is 12.1 Å². The van der Waals surface area contributed by atoms with Gasteiger partial charge >= 0.3 is 0 Å². The van der Waals surface area contributed by atoms with E-state index >= 15 is 0 Å². The average Bonchev–Trinajstić information content (AvgIpc) is 2.18. The standard InChI is InChI=1S/C11H16O3S/c1-2-3-6-9-15(13,14)11-8-5-4-7-10(11)12/h4-5,7-8,12H,2-3,6,9H2,1H3. The van der Waals surface area contributed by atoms with E-state index in [2.05, 4.69) is 0 Å². The van der Waals surface area contributed by atoms with Crippen LogP contribution in [0.3, 0.4) is 0 Å². The van der Waals surface area contributed by atoms with Gasteiger partial charge in [0.2, 0.25) is 0 Å². The summed E-state index contributed by atoms with van der Waals surface area (Å²) < 4.78 is 23.5. The summed E-state index contributed by atoms with van der Waals surface area (Å²) in [5.41, 5.74) is 0. The predicted molar refractivity (Wildman–Crippen MR) is 59.7 cm³/mol. The number of phenols is 1. The molecule has 0 saturated heterocycles. The second kappa shape index (κ2) is 5.16. The summed E-state index contributed by atoms with van der Waals surface area (Å²) in [5, 5.41) is 9.42. The first-order chi connectivity index (χ1) is 7.08. The third kappa shape index (κ3) is 3.23. The van der Waals surface area contributed by atoms with Crippen LogP contribution >= 0.6 is 0 Å². The van der Waals surface area contributed by atoms with Crippen LogP contribution in [0.1, 0.15) is 26.2 Å². The normalized spacial score (nSPS) is 11.5. The van der Waals surface area contributed by atoms with Crippen molar-refractivity contribution < 1.29 is 13.5 Å². The van der Waals surface area contributed by atoms with E-state index in [4.69, 9.17) is 0 Å². The first kappa shape index (κ1) is 12.0. The minimum atomic E-state index is -3.31. The van der Waals surface area contributed by atoms with Gasteiger partial charge in [0.1, 0.15) is 10.6 Å². The number of phenolic OH excluding ortho intramolecular Hbond substituents is 1. The molecule has 0 heterocycles. The van der Waals surface area contributed by atoms with Crippen LogP contribution in [-0.2, 0) is 9.84 Å². The van der Waals surface area contributed by atoms with Gasteiger partial charge in [-0.15, -0.1) is 0 Å². The topological polar surface area (TPSA) is 54.4 Å². The Kier molecular flexibility index (Phi) is 4.15. The summed E-state index contributed by atoms with van der Waals surface area (Å²) in [4.78, 5) is 0.0427. The Hall–Kier alpha value is -1.03. The van der Waals surface area contributed by atoms with E-state index in [-0.39, 0.29) is 16.4 Å². The molecule has 0 radical (unpaired) electrons. The molecule has 0 unspecified atom stereocenters. The van der Waals surface area contributed by atoms with Gasteiger partial charge < -0.3 is 5.11 Å². The van der Waals surface area contributed by atoms with Gasteiger partial charge in [0.05, 0.1) is 5.75 Å². The minimum Gasteiger partial charge on any atom is -0.507 e. The van der Waals surface area contributed by atoms with Crippen LogP contribution in [-0.4, -0.2) is 19.3 Å². The van der Waals surface area contributed by atoms with E-state index in [9.17, 15) is 13.5 Å². The smallest absolute Gasteiger partial charge is 0.182 e. The lowest BCUT2D eigenvalue weighted by atomic mass is 10.3. The van der Waals surface area contributed by atoms with Crippen LogP contribution in [0, 0.1) is 0 Å². The average molecular weight is 228 g/mol. The first-order valence-electron chi connectivity index (χ1n) is 5.08. The molecule has 15 heavy (non-hydrogen) atoms. The molecule has 0 bridgehead atoms. The summed E-state index contributed by atoms with van der Waals surface area (Å²) in [5.74, 6) is -0.0488. The van der Waals surface area contributed by atoms with Crippen LogP contribution in [0.15, 0.2) is 29.2 Å². The zero-order valence-electron chi connectivity index (χ0n) is 8.81. The molecule has 0 amide bonds. The predicted octanol–water partition coefficient (Wildman–Crippen LogP) is 2.36. The summed E-state index contributed by atoms with van der Waals surface area (Å²) in [7, 11) is -3.31. The van der Waals surface area contributed by atoms with Gasteiger partial charge in [-0.3, -0.25) is 0 Å². The Balaban J connectivity index is 2.83. The van der Waals surface area contributed by atoms with Crippen LogP contribution in [0.2, 0.25) is 0 Å². The number of unbranched alkanes of at least 4 members (excludes halogenated alkanes) is 2. The third-order valence-corrected chi connectivity index (χ3v) is 4.06. The number of benzene rings is 1. The molecule has 0 spiro atoms. The van der Waals surface area contributed by atoms with Crippen molar-refractivity contribution in [3.05, 3.63) is 24.3 Å². The van der Waals surface area contributed by atoms with Crippen LogP contribution < -0.4 is 0 Å². The summed E-state index contributed by atoms with van der Waals surface area (Å²) >= 11 is 0. The number of hydrogen-bond acceptors (Lipinski definition) is 3. The number of sulfone groups is 1. The van der Waals surface area contributed by atoms with E-state index in [1.54, 1.807) is 12.1 Å². The number of para-hydroxylation sites is 1. The highest BCUT2D eigenvalue weighted by atomic mass is 32.2. The SMILES string of the molecule is CCCCCS(=O)(=O)c1ccccc1O. The van der Waals surface area contributed by atoms with Gasteiger partial charge in [-0.2, -0.15) is 0 Å². The van der Waals surface area contributed by atoms with E-state index in [0.29, 0.717) is 6.42 Å². The number of hydrogen-bond donors (Lipinski definition) is 1. The van der Waals surface area contributed by atoms with Crippen molar-refractivity contribution in [1.82, 2.24) is 0 Å². The molecule has 1 aromatic rings. The van der Waals surface area contributed by atoms with Crippen LogP contribution in [0.5, 0.6) is 5.75 Å². The van der Waals surface area contributed by atoms with E-state index < -0.39 is 9.84 Å². The zero-order chi connectivity index (χ0) is 11.3. The summed E-state index contributed by atoms with van der Waals surface area (Å²) in [6.07, 6.45) is 2.52.